The van der Waals surface area contributed by atoms with Gasteiger partial charge in [-0.3, -0.25) is 19.7 Å². The lowest BCUT2D eigenvalue weighted by Crippen LogP contribution is -2.24. The van der Waals surface area contributed by atoms with Gasteiger partial charge in [-0.15, -0.1) is 0 Å². The highest BCUT2D eigenvalue weighted by Gasteiger charge is 2.32. The number of H-pyrrole nitrogens is 1. The second-order valence-electron chi connectivity index (χ2n) is 8.19. The van der Waals surface area contributed by atoms with E-state index in [1.807, 2.05) is 49.1 Å². The molecule has 7 nitrogen and oxygen atoms in total. The summed E-state index contributed by atoms with van der Waals surface area (Å²) < 4.78 is 1.49. The second-order valence-corrected chi connectivity index (χ2v) is 8.19. The number of fused-ring (bicyclic) bond motifs is 1. The summed E-state index contributed by atoms with van der Waals surface area (Å²) in [7, 11) is 0. The first kappa shape index (κ1) is 19.2. The summed E-state index contributed by atoms with van der Waals surface area (Å²) in [5, 5.41) is 3.20. The van der Waals surface area contributed by atoms with Gasteiger partial charge in [0.15, 0.2) is 5.65 Å². The van der Waals surface area contributed by atoms with E-state index in [0.29, 0.717) is 30.9 Å². The van der Waals surface area contributed by atoms with Crippen LogP contribution in [-0.4, -0.2) is 36.9 Å². The van der Waals surface area contributed by atoms with Gasteiger partial charge in [0.1, 0.15) is 0 Å². The van der Waals surface area contributed by atoms with Gasteiger partial charge in [-0.1, -0.05) is 23.8 Å². The fraction of sp³-hybridized carbons (Fsp3) is 0.250. The Hall–Kier alpha value is -3.74. The van der Waals surface area contributed by atoms with Gasteiger partial charge in [-0.05, 0) is 37.6 Å². The molecule has 1 N–H and O–H groups in total. The van der Waals surface area contributed by atoms with Crippen molar-refractivity contribution in [1.29, 1.82) is 0 Å². The standard InChI is InChI=1S/C24H23N5O2/c1-15-4-3-5-18(10-15)23-16(2)24-26-20(12-22(31)29(24)27-23)19-11-21(30)28(14-19)13-17-6-8-25-9-7-17/h3-10,12,19,27H,11,13-14H2,1-2H3. The SMILES string of the molecule is Cc1cccc(-c2[nH]n3c(=O)cc(C4CC(=O)N(Cc5ccncc5)C4)nc3c2C)c1. The van der Waals surface area contributed by atoms with E-state index in [0.717, 1.165) is 27.9 Å². The number of hydrogen-bond acceptors (Lipinski definition) is 4. The minimum atomic E-state index is -0.165. The molecule has 1 aliphatic heterocycles. The van der Waals surface area contributed by atoms with Gasteiger partial charge in [0.25, 0.3) is 5.56 Å². The molecule has 1 saturated heterocycles. The molecule has 1 fully saturated rings. The van der Waals surface area contributed by atoms with Crippen LogP contribution in [0.25, 0.3) is 16.9 Å². The summed E-state index contributed by atoms with van der Waals surface area (Å²) in [6, 6.07) is 13.5. The quantitative estimate of drug-likeness (QED) is 0.557. The van der Waals surface area contributed by atoms with Crippen molar-refractivity contribution >= 4 is 11.6 Å². The van der Waals surface area contributed by atoms with Gasteiger partial charge >= 0.3 is 0 Å². The molecule has 0 aliphatic carbocycles. The molecule has 1 atom stereocenters. The maximum atomic E-state index is 12.9. The summed E-state index contributed by atoms with van der Waals surface area (Å²) in [5.41, 5.74) is 6.12. The summed E-state index contributed by atoms with van der Waals surface area (Å²) >= 11 is 0. The molecule has 1 unspecified atom stereocenters. The van der Waals surface area contributed by atoms with Crippen molar-refractivity contribution < 1.29 is 4.79 Å². The van der Waals surface area contributed by atoms with Gasteiger partial charge in [0.05, 0.1) is 11.4 Å². The Labute approximate surface area is 179 Å². The highest BCUT2D eigenvalue weighted by atomic mass is 16.2. The molecular formula is C24H23N5O2. The van der Waals surface area contributed by atoms with Crippen LogP contribution in [0, 0.1) is 13.8 Å². The number of aromatic amines is 1. The van der Waals surface area contributed by atoms with Crippen LogP contribution >= 0.6 is 0 Å². The molecule has 156 valence electrons. The number of carbonyl (C=O) groups excluding carboxylic acids is 1. The molecule has 0 spiro atoms. The first-order chi connectivity index (χ1) is 15.0. The number of benzene rings is 1. The zero-order valence-corrected chi connectivity index (χ0v) is 17.5. The van der Waals surface area contributed by atoms with Crippen LogP contribution in [0.2, 0.25) is 0 Å². The Morgan fingerprint density at radius 3 is 2.68 bits per heavy atom. The average molecular weight is 413 g/mol. The van der Waals surface area contributed by atoms with E-state index in [1.54, 1.807) is 18.5 Å². The van der Waals surface area contributed by atoms with Crippen molar-refractivity contribution in [3.63, 3.8) is 0 Å². The molecule has 4 heterocycles. The number of nitrogens with one attached hydrogen (secondary N) is 1. The molecular weight excluding hydrogens is 390 g/mol. The Kier molecular flexibility index (Phi) is 4.66. The molecule has 7 heteroatoms. The Bertz CT molecular complexity index is 1340. The Morgan fingerprint density at radius 2 is 1.90 bits per heavy atom. The second kappa shape index (κ2) is 7.50. The predicted octanol–water partition coefficient (Wildman–Crippen LogP) is 3.22. The zero-order chi connectivity index (χ0) is 21.5. The number of amides is 1. The molecule has 31 heavy (non-hydrogen) atoms. The van der Waals surface area contributed by atoms with Gasteiger partial charge in [-0.2, -0.15) is 0 Å². The van der Waals surface area contributed by atoms with Crippen LogP contribution in [0.5, 0.6) is 0 Å². The fourth-order valence-electron chi connectivity index (χ4n) is 4.29. The third kappa shape index (κ3) is 3.52. The molecule has 1 aromatic carbocycles. The predicted molar refractivity (Wildman–Crippen MR) is 118 cm³/mol. The minimum Gasteiger partial charge on any atom is -0.338 e. The van der Waals surface area contributed by atoms with Gasteiger partial charge < -0.3 is 4.90 Å². The average Bonchev–Trinajstić information content (AvgIpc) is 3.29. The van der Waals surface area contributed by atoms with Crippen LogP contribution in [0.15, 0.2) is 59.7 Å². The topological polar surface area (TPSA) is 83.4 Å². The van der Waals surface area contributed by atoms with Crippen LogP contribution in [-0.2, 0) is 11.3 Å². The lowest BCUT2D eigenvalue weighted by atomic mass is 10.0. The molecule has 1 amide bonds. The van der Waals surface area contributed by atoms with Crippen LogP contribution in [0.3, 0.4) is 0 Å². The van der Waals surface area contributed by atoms with Crippen molar-refractivity contribution in [2.75, 3.05) is 6.54 Å². The van der Waals surface area contributed by atoms with E-state index >= 15 is 0 Å². The van der Waals surface area contributed by atoms with Crippen molar-refractivity contribution in [1.82, 2.24) is 24.5 Å². The number of nitrogens with zero attached hydrogens (tertiary/aromatic N) is 4. The normalized spacial score (nSPS) is 16.4. The van der Waals surface area contributed by atoms with Gasteiger partial charge in [0.2, 0.25) is 5.91 Å². The molecule has 0 saturated carbocycles. The highest BCUT2D eigenvalue weighted by molar-refractivity contribution is 5.79. The lowest BCUT2D eigenvalue weighted by molar-refractivity contribution is -0.128. The Morgan fingerprint density at radius 1 is 1.10 bits per heavy atom. The number of pyridine rings is 1. The lowest BCUT2D eigenvalue weighted by Gasteiger charge is -2.16. The Balaban J connectivity index is 1.48. The molecule has 0 radical (unpaired) electrons. The van der Waals surface area contributed by atoms with Crippen molar-refractivity contribution in [2.45, 2.75) is 32.7 Å². The number of aromatic nitrogens is 4. The van der Waals surface area contributed by atoms with Gasteiger partial charge in [-0.25, -0.2) is 9.50 Å². The summed E-state index contributed by atoms with van der Waals surface area (Å²) in [4.78, 5) is 36.1. The van der Waals surface area contributed by atoms with E-state index in [2.05, 4.69) is 16.1 Å². The molecule has 1 aliphatic rings. The van der Waals surface area contributed by atoms with Crippen LogP contribution in [0.1, 0.15) is 34.7 Å². The third-order valence-electron chi connectivity index (χ3n) is 5.93. The smallest absolute Gasteiger partial charge is 0.272 e. The number of likely N-dealkylation sites (tertiary alicyclic amines) is 1. The largest absolute Gasteiger partial charge is 0.338 e. The maximum Gasteiger partial charge on any atom is 0.272 e. The van der Waals surface area contributed by atoms with E-state index < -0.39 is 0 Å². The van der Waals surface area contributed by atoms with E-state index in [4.69, 9.17) is 4.98 Å². The molecule has 4 aromatic rings. The number of hydrogen-bond donors (Lipinski definition) is 1. The molecule has 5 rings (SSSR count). The monoisotopic (exact) mass is 413 g/mol. The fourth-order valence-corrected chi connectivity index (χ4v) is 4.29. The minimum absolute atomic E-state index is 0.0788. The van der Waals surface area contributed by atoms with Crippen LogP contribution < -0.4 is 5.56 Å². The van der Waals surface area contributed by atoms with E-state index in [9.17, 15) is 9.59 Å². The number of rotatable bonds is 4. The first-order valence-corrected chi connectivity index (χ1v) is 10.4. The summed E-state index contributed by atoms with van der Waals surface area (Å²) in [6.07, 6.45) is 3.82. The maximum absolute atomic E-state index is 12.9. The summed E-state index contributed by atoms with van der Waals surface area (Å²) in [6.45, 7) is 5.10. The first-order valence-electron chi connectivity index (χ1n) is 10.4. The third-order valence-corrected chi connectivity index (χ3v) is 5.93. The molecule has 0 bridgehead atoms. The van der Waals surface area contributed by atoms with E-state index in [1.165, 1.54) is 4.52 Å². The highest BCUT2D eigenvalue weighted by Crippen LogP contribution is 2.29. The van der Waals surface area contributed by atoms with Crippen molar-refractivity contribution in [3.05, 3.63) is 87.6 Å². The van der Waals surface area contributed by atoms with E-state index in [-0.39, 0.29) is 17.4 Å². The van der Waals surface area contributed by atoms with Crippen LogP contribution in [0.4, 0.5) is 0 Å². The van der Waals surface area contributed by atoms with Crippen molar-refractivity contribution in [2.24, 2.45) is 0 Å². The molecule has 3 aromatic heterocycles. The number of aryl methyl sites for hydroxylation is 2. The number of carbonyl (C=O) groups is 1. The van der Waals surface area contributed by atoms with Crippen molar-refractivity contribution in [3.8, 4) is 11.3 Å². The summed E-state index contributed by atoms with van der Waals surface area (Å²) in [5.74, 6) is -0.0150. The zero-order valence-electron chi connectivity index (χ0n) is 17.5. The van der Waals surface area contributed by atoms with Gasteiger partial charge in [0, 0.05) is 55.0 Å².